The van der Waals surface area contributed by atoms with Gasteiger partial charge in [0.25, 0.3) is 0 Å². The van der Waals surface area contributed by atoms with E-state index in [1.54, 1.807) is 7.11 Å². The summed E-state index contributed by atoms with van der Waals surface area (Å²) in [5.41, 5.74) is 1.11. The van der Waals surface area contributed by atoms with Crippen LogP contribution in [0.3, 0.4) is 0 Å². The number of methoxy groups -OCH3 is 1. The monoisotopic (exact) mass is 325 g/mol. The molecule has 0 aromatic heterocycles. The van der Waals surface area contributed by atoms with Crippen LogP contribution < -0.4 is 9.46 Å². The van der Waals surface area contributed by atoms with Crippen LogP contribution in [0.4, 0.5) is 0 Å². The number of hydrogen-bond acceptors (Lipinski definition) is 4. The molecule has 0 bridgehead atoms. The van der Waals surface area contributed by atoms with Crippen molar-refractivity contribution in [2.45, 2.75) is 37.0 Å². The van der Waals surface area contributed by atoms with Crippen LogP contribution in [0.25, 0.3) is 0 Å². The van der Waals surface area contributed by atoms with Crippen molar-refractivity contribution in [1.29, 1.82) is 0 Å². The highest BCUT2D eigenvalue weighted by Crippen LogP contribution is 2.28. The molecular formula is C16H23NO4S. The maximum atomic E-state index is 12.6. The summed E-state index contributed by atoms with van der Waals surface area (Å²) in [4.78, 5) is 0. The zero-order valence-corrected chi connectivity index (χ0v) is 13.6. The van der Waals surface area contributed by atoms with Crippen molar-refractivity contribution in [3.8, 4) is 5.75 Å². The van der Waals surface area contributed by atoms with Crippen molar-refractivity contribution >= 4 is 10.0 Å². The highest BCUT2D eigenvalue weighted by Gasteiger charge is 2.39. The standard InChI is InChI=1S/C16H23NO4S/c1-20-15-6-2-12(3-7-15)10-13-11-21-9-8-16(13)22(18,19)17-14-4-5-14/h2-3,6-7,13-14,16-17H,4-5,8-11H2,1H3/t13-,16-/m0/s1. The number of nitrogens with one attached hydrogen (secondary N) is 1. The fourth-order valence-electron chi connectivity index (χ4n) is 2.96. The third-order valence-corrected chi connectivity index (χ3v) is 6.45. The smallest absolute Gasteiger partial charge is 0.215 e. The van der Waals surface area contributed by atoms with Gasteiger partial charge in [-0.3, -0.25) is 0 Å². The molecule has 2 fully saturated rings. The van der Waals surface area contributed by atoms with Crippen molar-refractivity contribution in [2.24, 2.45) is 5.92 Å². The Balaban J connectivity index is 1.71. The summed E-state index contributed by atoms with van der Waals surface area (Å²) in [7, 11) is -1.62. The molecule has 2 aliphatic rings. The summed E-state index contributed by atoms with van der Waals surface area (Å²) < 4.78 is 38.6. The van der Waals surface area contributed by atoms with E-state index in [1.807, 2.05) is 24.3 Å². The van der Waals surface area contributed by atoms with E-state index < -0.39 is 10.0 Å². The molecule has 1 aromatic rings. The lowest BCUT2D eigenvalue weighted by atomic mass is 9.93. The summed E-state index contributed by atoms with van der Waals surface area (Å²) in [6.07, 6.45) is 3.21. The molecule has 5 nitrogen and oxygen atoms in total. The van der Waals surface area contributed by atoms with Gasteiger partial charge in [-0.05, 0) is 43.4 Å². The van der Waals surface area contributed by atoms with Crippen LogP contribution in [0.1, 0.15) is 24.8 Å². The normalized spacial score (nSPS) is 25.9. The molecule has 2 atom stereocenters. The molecule has 3 rings (SSSR count). The highest BCUT2D eigenvalue weighted by molar-refractivity contribution is 7.90. The minimum Gasteiger partial charge on any atom is -0.497 e. The Morgan fingerprint density at radius 1 is 1.23 bits per heavy atom. The molecule has 0 spiro atoms. The van der Waals surface area contributed by atoms with Gasteiger partial charge in [0.05, 0.1) is 19.0 Å². The van der Waals surface area contributed by atoms with Crippen LogP contribution in [0.15, 0.2) is 24.3 Å². The summed E-state index contributed by atoms with van der Waals surface area (Å²) in [5, 5.41) is -0.357. The Kier molecular flexibility index (Phi) is 4.70. The van der Waals surface area contributed by atoms with Gasteiger partial charge in [0, 0.05) is 18.6 Å². The molecule has 1 aliphatic heterocycles. The molecule has 1 aromatic carbocycles. The minimum atomic E-state index is -3.26. The summed E-state index contributed by atoms with van der Waals surface area (Å²) >= 11 is 0. The Morgan fingerprint density at radius 2 is 1.95 bits per heavy atom. The minimum absolute atomic E-state index is 0.00149. The molecule has 122 valence electrons. The molecule has 1 heterocycles. The van der Waals surface area contributed by atoms with E-state index >= 15 is 0 Å². The second-order valence-corrected chi connectivity index (χ2v) is 8.08. The second-order valence-electron chi connectivity index (χ2n) is 6.15. The Morgan fingerprint density at radius 3 is 2.59 bits per heavy atom. The molecule has 1 saturated heterocycles. The summed E-state index contributed by atoms with van der Waals surface area (Å²) in [5.74, 6) is 0.807. The fraction of sp³-hybridized carbons (Fsp3) is 0.625. The van der Waals surface area contributed by atoms with Crippen LogP contribution >= 0.6 is 0 Å². The lowest BCUT2D eigenvalue weighted by Crippen LogP contribution is -2.45. The zero-order chi connectivity index (χ0) is 15.6. The van der Waals surface area contributed by atoms with E-state index in [9.17, 15) is 8.42 Å². The quantitative estimate of drug-likeness (QED) is 0.865. The SMILES string of the molecule is COc1ccc(C[C@H]2COCC[C@@H]2S(=O)(=O)NC2CC2)cc1. The highest BCUT2D eigenvalue weighted by atomic mass is 32.2. The van der Waals surface area contributed by atoms with E-state index in [0.29, 0.717) is 26.1 Å². The first kappa shape index (κ1) is 15.8. The average molecular weight is 325 g/mol. The van der Waals surface area contributed by atoms with E-state index in [-0.39, 0.29) is 17.2 Å². The van der Waals surface area contributed by atoms with Crippen molar-refractivity contribution in [2.75, 3.05) is 20.3 Å². The topological polar surface area (TPSA) is 64.6 Å². The van der Waals surface area contributed by atoms with E-state index in [1.165, 1.54) is 0 Å². The lowest BCUT2D eigenvalue weighted by molar-refractivity contribution is 0.0570. The number of sulfonamides is 1. The first-order chi connectivity index (χ1) is 10.6. The van der Waals surface area contributed by atoms with Crippen LogP contribution in [-0.4, -0.2) is 40.0 Å². The Labute approximate surface area is 132 Å². The molecule has 1 saturated carbocycles. The van der Waals surface area contributed by atoms with Gasteiger partial charge in [0.15, 0.2) is 0 Å². The lowest BCUT2D eigenvalue weighted by Gasteiger charge is -2.31. The number of rotatable bonds is 6. The maximum Gasteiger partial charge on any atom is 0.215 e. The third kappa shape index (κ3) is 3.80. The summed E-state index contributed by atoms with van der Waals surface area (Å²) in [6, 6.07) is 7.96. The average Bonchev–Trinajstić information content (AvgIpc) is 3.32. The fourth-order valence-corrected chi connectivity index (χ4v) is 4.92. The molecule has 1 N–H and O–H groups in total. The van der Waals surface area contributed by atoms with Gasteiger partial charge >= 0.3 is 0 Å². The van der Waals surface area contributed by atoms with Gasteiger partial charge in [0.1, 0.15) is 5.75 Å². The van der Waals surface area contributed by atoms with Crippen molar-refractivity contribution in [3.63, 3.8) is 0 Å². The first-order valence-corrected chi connectivity index (χ1v) is 9.35. The van der Waals surface area contributed by atoms with Gasteiger partial charge < -0.3 is 9.47 Å². The number of hydrogen-bond donors (Lipinski definition) is 1. The Hall–Kier alpha value is -1.11. The van der Waals surface area contributed by atoms with Gasteiger partial charge in [-0.15, -0.1) is 0 Å². The van der Waals surface area contributed by atoms with Gasteiger partial charge in [0.2, 0.25) is 10.0 Å². The van der Waals surface area contributed by atoms with Crippen molar-refractivity contribution < 1.29 is 17.9 Å². The van der Waals surface area contributed by atoms with Crippen LogP contribution in [0.5, 0.6) is 5.75 Å². The molecule has 0 unspecified atom stereocenters. The van der Waals surface area contributed by atoms with Gasteiger partial charge in [-0.2, -0.15) is 0 Å². The number of ether oxygens (including phenoxy) is 2. The molecule has 6 heteroatoms. The van der Waals surface area contributed by atoms with E-state index in [2.05, 4.69) is 4.72 Å². The molecule has 1 aliphatic carbocycles. The van der Waals surface area contributed by atoms with Gasteiger partial charge in [-0.1, -0.05) is 12.1 Å². The van der Waals surface area contributed by atoms with Gasteiger partial charge in [-0.25, -0.2) is 13.1 Å². The second kappa shape index (κ2) is 6.56. The predicted octanol–water partition coefficient (Wildman–Crippen LogP) is 1.72. The molecular weight excluding hydrogens is 302 g/mol. The molecule has 0 amide bonds. The summed E-state index contributed by atoms with van der Waals surface area (Å²) in [6.45, 7) is 1.03. The van der Waals surface area contributed by atoms with Crippen LogP contribution in [-0.2, 0) is 21.2 Å². The molecule has 0 radical (unpaired) electrons. The predicted molar refractivity (Wildman–Crippen MR) is 84.5 cm³/mol. The number of benzene rings is 1. The first-order valence-electron chi connectivity index (χ1n) is 7.80. The Bertz CT molecular complexity index is 595. The van der Waals surface area contributed by atoms with E-state index in [4.69, 9.17) is 9.47 Å². The molecule has 22 heavy (non-hydrogen) atoms. The van der Waals surface area contributed by atoms with Crippen LogP contribution in [0.2, 0.25) is 0 Å². The third-order valence-electron chi connectivity index (χ3n) is 4.37. The van der Waals surface area contributed by atoms with Crippen molar-refractivity contribution in [3.05, 3.63) is 29.8 Å². The maximum absolute atomic E-state index is 12.6. The zero-order valence-electron chi connectivity index (χ0n) is 12.8. The van der Waals surface area contributed by atoms with E-state index in [0.717, 1.165) is 24.2 Å². The largest absolute Gasteiger partial charge is 0.497 e. The van der Waals surface area contributed by atoms with Crippen molar-refractivity contribution in [1.82, 2.24) is 4.72 Å². The van der Waals surface area contributed by atoms with Crippen LogP contribution in [0, 0.1) is 5.92 Å².